The maximum atomic E-state index is 11.6. The first-order valence-electron chi connectivity index (χ1n) is 5.48. The van der Waals surface area contributed by atoms with E-state index in [9.17, 15) is 4.79 Å². The molecular formula is C12H16N2O2. The number of pyridine rings is 1. The molecule has 1 aliphatic heterocycles. The Morgan fingerprint density at radius 1 is 1.62 bits per heavy atom. The van der Waals surface area contributed by atoms with Crippen LogP contribution in [-0.4, -0.2) is 35.5 Å². The Balaban J connectivity index is 1.90. The third kappa shape index (κ3) is 2.15. The summed E-state index contributed by atoms with van der Waals surface area (Å²) in [7, 11) is 1.84. The predicted molar refractivity (Wildman–Crippen MR) is 60.1 cm³/mol. The summed E-state index contributed by atoms with van der Waals surface area (Å²) in [4.78, 5) is 17.3. The average Bonchev–Trinajstić information content (AvgIpc) is 2.56. The van der Waals surface area contributed by atoms with Crippen molar-refractivity contribution < 1.29 is 9.53 Å². The zero-order chi connectivity index (χ0) is 11.5. The minimum Gasteiger partial charge on any atom is -0.490 e. The van der Waals surface area contributed by atoms with Gasteiger partial charge in [-0.3, -0.25) is 9.78 Å². The van der Waals surface area contributed by atoms with E-state index < -0.39 is 0 Å². The minimum absolute atomic E-state index is 0.118. The second-order valence-electron chi connectivity index (χ2n) is 4.24. The van der Waals surface area contributed by atoms with Gasteiger partial charge >= 0.3 is 0 Å². The van der Waals surface area contributed by atoms with E-state index in [1.165, 1.54) is 0 Å². The van der Waals surface area contributed by atoms with E-state index >= 15 is 0 Å². The summed E-state index contributed by atoms with van der Waals surface area (Å²) >= 11 is 0. The number of nitrogens with zero attached hydrogens (tertiary/aromatic N) is 2. The largest absolute Gasteiger partial charge is 0.490 e. The molecule has 1 saturated heterocycles. The molecule has 0 aromatic carbocycles. The zero-order valence-corrected chi connectivity index (χ0v) is 9.59. The van der Waals surface area contributed by atoms with Crippen molar-refractivity contribution in [2.75, 3.05) is 13.7 Å². The molecule has 2 heterocycles. The van der Waals surface area contributed by atoms with Crippen molar-refractivity contribution >= 4 is 5.91 Å². The van der Waals surface area contributed by atoms with E-state index in [1.807, 2.05) is 26.1 Å². The SMILES string of the molecule is C[C@@H]1C[C@@H](COc2cccnc2)N(C)C1=O. The normalized spacial score (nSPS) is 24.9. The molecule has 0 radical (unpaired) electrons. The number of rotatable bonds is 3. The lowest BCUT2D eigenvalue weighted by Crippen LogP contribution is -2.33. The van der Waals surface area contributed by atoms with Crippen molar-refractivity contribution in [3.8, 4) is 5.75 Å². The molecule has 0 bridgehead atoms. The van der Waals surface area contributed by atoms with Crippen LogP contribution in [0.4, 0.5) is 0 Å². The lowest BCUT2D eigenvalue weighted by atomic mass is 10.1. The van der Waals surface area contributed by atoms with Crippen molar-refractivity contribution in [2.24, 2.45) is 5.92 Å². The van der Waals surface area contributed by atoms with Gasteiger partial charge in [-0.1, -0.05) is 6.92 Å². The molecule has 0 aliphatic carbocycles. The van der Waals surface area contributed by atoms with Crippen LogP contribution in [0.25, 0.3) is 0 Å². The van der Waals surface area contributed by atoms with Gasteiger partial charge in [0.15, 0.2) is 0 Å². The lowest BCUT2D eigenvalue weighted by Gasteiger charge is -2.19. The summed E-state index contributed by atoms with van der Waals surface area (Å²) in [6.07, 6.45) is 4.26. The molecule has 1 fully saturated rings. The number of amides is 1. The molecule has 1 aromatic heterocycles. The van der Waals surface area contributed by atoms with Crippen molar-refractivity contribution in [1.82, 2.24) is 9.88 Å². The van der Waals surface area contributed by atoms with E-state index in [0.29, 0.717) is 6.61 Å². The maximum Gasteiger partial charge on any atom is 0.225 e. The summed E-state index contributed by atoms with van der Waals surface area (Å²) in [6, 6.07) is 3.89. The lowest BCUT2D eigenvalue weighted by molar-refractivity contribution is -0.130. The number of carbonyl (C=O) groups is 1. The highest BCUT2D eigenvalue weighted by Crippen LogP contribution is 2.23. The maximum absolute atomic E-state index is 11.6. The van der Waals surface area contributed by atoms with Crippen LogP contribution in [0.1, 0.15) is 13.3 Å². The van der Waals surface area contributed by atoms with Crippen LogP contribution in [0.2, 0.25) is 0 Å². The quantitative estimate of drug-likeness (QED) is 0.771. The number of hydrogen-bond acceptors (Lipinski definition) is 3. The first-order valence-corrected chi connectivity index (χ1v) is 5.48. The Kier molecular flexibility index (Phi) is 3.08. The molecule has 0 N–H and O–H groups in total. The number of hydrogen-bond donors (Lipinski definition) is 0. The minimum atomic E-state index is 0.118. The Morgan fingerprint density at radius 3 is 3.00 bits per heavy atom. The van der Waals surface area contributed by atoms with Gasteiger partial charge in [-0.2, -0.15) is 0 Å². The van der Waals surface area contributed by atoms with E-state index in [4.69, 9.17) is 4.74 Å². The number of likely N-dealkylation sites (tertiary alicyclic amines) is 1. The van der Waals surface area contributed by atoms with Crippen LogP contribution in [-0.2, 0) is 4.79 Å². The molecule has 1 aliphatic rings. The van der Waals surface area contributed by atoms with Crippen LogP contribution in [0.5, 0.6) is 5.75 Å². The first kappa shape index (κ1) is 10.9. The summed E-state index contributed by atoms with van der Waals surface area (Å²) < 4.78 is 5.60. The second-order valence-corrected chi connectivity index (χ2v) is 4.24. The number of carbonyl (C=O) groups excluding carboxylic acids is 1. The molecule has 1 amide bonds. The molecule has 0 spiro atoms. The fourth-order valence-corrected chi connectivity index (χ4v) is 2.00. The third-order valence-corrected chi connectivity index (χ3v) is 3.02. The topological polar surface area (TPSA) is 42.4 Å². The van der Waals surface area contributed by atoms with Crippen molar-refractivity contribution in [3.05, 3.63) is 24.5 Å². The van der Waals surface area contributed by atoms with Crippen molar-refractivity contribution in [1.29, 1.82) is 0 Å². The Hall–Kier alpha value is -1.58. The standard InChI is InChI=1S/C12H16N2O2/c1-9-6-10(14(2)12(9)15)8-16-11-4-3-5-13-7-11/h3-5,7,9-10H,6,8H2,1-2H3/t9-,10+/m1/s1. The van der Waals surface area contributed by atoms with Gasteiger partial charge < -0.3 is 9.64 Å². The van der Waals surface area contributed by atoms with Crippen LogP contribution < -0.4 is 4.74 Å². The number of likely N-dealkylation sites (N-methyl/N-ethyl adjacent to an activating group) is 1. The van der Waals surface area contributed by atoms with Gasteiger partial charge in [0.25, 0.3) is 0 Å². The average molecular weight is 220 g/mol. The molecule has 0 unspecified atom stereocenters. The molecule has 4 nitrogen and oxygen atoms in total. The van der Waals surface area contributed by atoms with Gasteiger partial charge in [-0.25, -0.2) is 0 Å². The van der Waals surface area contributed by atoms with Crippen molar-refractivity contribution in [3.63, 3.8) is 0 Å². The molecule has 86 valence electrons. The van der Waals surface area contributed by atoms with E-state index in [1.54, 1.807) is 17.3 Å². The second kappa shape index (κ2) is 4.51. The van der Waals surface area contributed by atoms with Gasteiger partial charge in [-0.05, 0) is 18.6 Å². The highest BCUT2D eigenvalue weighted by Gasteiger charge is 2.34. The van der Waals surface area contributed by atoms with Crippen LogP contribution in [0.3, 0.4) is 0 Å². The highest BCUT2D eigenvalue weighted by molar-refractivity contribution is 5.80. The number of ether oxygens (including phenoxy) is 1. The number of aromatic nitrogens is 1. The van der Waals surface area contributed by atoms with Crippen molar-refractivity contribution in [2.45, 2.75) is 19.4 Å². The third-order valence-electron chi connectivity index (χ3n) is 3.02. The molecule has 2 rings (SSSR count). The van der Waals surface area contributed by atoms with Gasteiger partial charge in [0, 0.05) is 19.2 Å². The van der Waals surface area contributed by atoms with Gasteiger partial charge in [-0.15, -0.1) is 0 Å². The summed E-state index contributed by atoms with van der Waals surface area (Å²) in [5, 5.41) is 0. The Morgan fingerprint density at radius 2 is 2.44 bits per heavy atom. The first-order chi connectivity index (χ1) is 7.68. The van der Waals surface area contributed by atoms with Crippen LogP contribution in [0.15, 0.2) is 24.5 Å². The van der Waals surface area contributed by atoms with E-state index in [0.717, 1.165) is 12.2 Å². The molecule has 16 heavy (non-hydrogen) atoms. The molecule has 2 atom stereocenters. The fourth-order valence-electron chi connectivity index (χ4n) is 2.00. The Labute approximate surface area is 95.2 Å². The van der Waals surface area contributed by atoms with Gasteiger partial charge in [0.1, 0.15) is 12.4 Å². The van der Waals surface area contributed by atoms with Crippen LogP contribution in [0, 0.1) is 5.92 Å². The molecule has 1 aromatic rings. The van der Waals surface area contributed by atoms with Crippen LogP contribution >= 0.6 is 0 Å². The Bertz CT molecular complexity index is 367. The smallest absolute Gasteiger partial charge is 0.225 e. The highest BCUT2D eigenvalue weighted by atomic mass is 16.5. The predicted octanol–water partition coefficient (Wildman–Crippen LogP) is 1.33. The summed E-state index contributed by atoms with van der Waals surface area (Å²) in [6.45, 7) is 2.50. The summed E-state index contributed by atoms with van der Waals surface area (Å²) in [5.74, 6) is 1.08. The zero-order valence-electron chi connectivity index (χ0n) is 9.59. The van der Waals surface area contributed by atoms with E-state index in [2.05, 4.69) is 4.98 Å². The fraction of sp³-hybridized carbons (Fsp3) is 0.500. The van der Waals surface area contributed by atoms with E-state index in [-0.39, 0.29) is 17.9 Å². The monoisotopic (exact) mass is 220 g/mol. The molecular weight excluding hydrogens is 204 g/mol. The summed E-state index contributed by atoms with van der Waals surface area (Å²) in [5.41, 5.74) is 0. The van der Waals surface area contributed by atoms with Gasteiger partial charge in [0.2, 0.25) is 5.91 Å². The molecule has 0 saturated carbocycles. The van der Waals surface area contributed by atoms with Gasteiger partial charge in [0.05, 0.1) is 12.2 Å². The molecule has 4 heteroatoms.